The quantitative estimate of drug-likeness (QED) is 0.593. The van der Waals surface area contributed by atoms with Crippen LogP contribution in [0.5, 0.6) is 5.75 Å². The molecule has 0 bridgehead atoms. The van der Waals surface area contributed by atoms with E-state index in [1.807, 2.05) is 18.2 Å². The minimum atomic E-state index is -0.548. The topological polar surface area (TPSA) is 49.7 Å². The number of hydrogen-bond acceptors (Lipinski definition) is 4. The first-order valence-electron chi connectivity index (χ1n) is 5.29. The Bertz CT molecular complexity index is 326. The largest absolute Gasteiger partial charge is 0.496 e. The Kier molecular flexibility index (Phi) is 5.66. The molecule has 0 fully saturated rings. The van der Waals surface area contributed by atoms with Crippen molar-refractivity contribution >= 4 is 11.8 Å². The van der Waals surface area contributed by atoms with Gasteiger partial charge in [0.05, 0.1) is 13.2 Å². The molecule has 0 aliphatic carbocycles. The van der Waals surface area contributed by atoms with Crippen molar-refractivity contribution in [1.82, 2.24) is 0 Å². The van der Waals surface area contributed by atoms with Crippen LogP contribution >= 0.6 is 11.8 Å². The highest BCUT2D eigenvalue weighted by molar-refractivity contribution is 7.99. The molecule has 1 aromatic carbocycles. The van der Waals surface area contributed by atoms with E-state index >= 15 is 0 Å². The van der Waals surface area contributed by atoms with Crippen molar-refractivity contribution in [3.05, 3.63) is 23.8 Å². The van der Waals surface area contributed by atoms with Gasteiger partial charge in [0.25, 0.3) is 0 Å². The zero-order valence-electron chi connectivity index (χ0n) is 9.64. The third-order valence-corrected chi connectivity index (χ3v) is 3.38. The number of thioether (sulfide) groups is 1. The van der Waals surface area contributed by atoms with Gasteiger partial charge in [-0.15, -0.1) is 11.8 Å². The summed E-state index contributed by atoms with van der Waals surface area (Å²) in [6, 6.07) is 5.72. The molecular weight excluding hydrogens is 224 g/mol. The predicted octanol–water partition coefficient (Wildman–Crippen LogP) is 2.22. The van der Waals surface area contributed by atoms with Crippen molar-refractivity contribution in [2.24, 2.45) is 0 Å². The SMILES string of the molecule is COc1cccc(SCCCO)c1[C@H](C)O. The van der Waals surface area contributed by atoms with Gasteiger partial charge >= 0.3 is 0 Å². The van der Waals surface area contributed by atoms with Crippen LogP contribution < -0.4 is 4.74 Å². The van der Waals surface area contributed by atoms with Gasteiger partial charge in [-0.2, -0.15) is 0 Å². The van der Waals surface area contributed by atoms with Crippen LogP contribution in [0.3, 0.4) is 0 Å². The van der Waals surface area contributed by atoms with Crippen molar-refractivity contribution in [3.63, 3.8) is 0 Å². The lowest BCUT2D eigenvalue weighted by atomic mass is 10.1. The van der Waals surface area contributed by atoms with Gasteiger partial charge in [0.2, 0.25) is 0 Å². The molecule has 3 nitrogen and oxygen atoms in total. The monoisotopic (exact) mass is 242 g/mol. The summed E-state index contributed by atoms with van der Waals surface area (Å²) in [6.45, 7) is 1.93. The summed E-state index contributed by atoms with van der Waals surface area (Å²) < 4.78 is 5.23. The molecule has 16 heavy (non-hydrogen) atoms. The van der Waals surface area contributed by atoms with Crippen LogP contribution in [-0.4, -0.2) is 29.7 Å². The minimum Gasteiger partial charge on any atom is -0.496 e. The number of aliphatic hydroxyl groups is 2. The molecule has 0 amide bonds. The van der Waals surface area contributed by atoms with Crippen LogP contribution in [0, 0.1) is 0 Å². The number of methoxy groups -OCH3 is 1. The lowest BCUT2D eigenvalue weighted by Crippen LogP contribution is -1.99. The normalized spacial score (nSPS) is 12.5. The Morgan fingerprint density at radius 1 is 1.44 bits per heavy atom. The molecule has 0 aliphatic heterocycles. The molecule has 0 unspecified atom stereocenters. The first-order chi connectivity index (χ1) is 7.70. The molecule has 0 radical (unpaired) electrons. The van der Waals surface area contributed by atoms with Gasteiger partial charge in [-0.05, 0) is 25.5 Å². The summed E-state index contributed by atoms with van der Waals surface area (Å²) in [4.78, 5) is 1.02. The van der Waals surface area contributed by atoms with Crippen molar-refractivity contribution in [2.45, 2.75) is 24.3 Å². The summed E-state index contributed by atoms with van der Waals surface area (Å²) in [6.07, 6.45) is 0.203. The van der Waals surface area contributed by atoms with E-state index in [9.17, 15) is 5.11 Å². The van der Waals surface area contributed by atoms with Crippen LogP contribution in [0.1, 0.15) is 25.0 Å². The van der Waals surface area contributed by atoms with Crippen molar-refractivity contribution in [2.75, 3.05) is 19.5 Å². The van der Waals surface area contributed by atoms with Crippen LogP contribution in [-0.2, 0) is 0 Å². The van der Waals surface area contributed by atoms with Gasteiger partial charge in [0, 0.05) is 22.8 Å². The Morgan fingerprint density at radius 3 is 2.75 bits per heavy atom. The van der Waals surface area contributed by atoms with E-state index in [2.05, 4.69) is 0 Å². The average molecular weight is 242 g/mol. The van der Waals surface area contributed by atoms with Gasteiger partial charge in [-0.1, -0.05) is 6.07 Å². The second-order valence-electron chi connectivity index (χ2n) is 3.47. The maximum absolute atomic E-state index is 9.73. The van der Waals surface area contributed by atoms with E-state index in [0.29, 0.717) is 5.75 Å². The van der Waals surface area contributed by atoms with Gasteiger partial charge in [0.1, 0.15) is 5.75 Å². The zero-order valence-corrected chi connectivity index (χ0v) is 10.5. The van der Waals surface area contributed by atoms with Crippen LogP contribution in [0.25, 0.3) is 0 Å². The second-order valence-corrected chi connectivity index (χ2v) is 4.61. The maximum Gasteiger partial charge on any atom is 0.125 e. The fourth-order valence-corrected chi connectivity index (χ4v) is 2.58. The predicted molar refractivity (Wildman–Crippen MR) is 66.1 cm³/mol. The molecule has 90 valence electrons. The molecule has 4 heteroatoms. The maximum atomic E-state index is 9.73. The zero-order chi connectivity index (χ0) is 12.0. The third kappa shape index (κ3) is 3.40. The van der Waals surface area contributed by atoms with Gasteiger partial charge in [-0.3, -0.25) is 0 Å². The Morgan fingerprint density at radius 2 is 2.19 bits per heavy atom. The van der Waals surface area contributed by atoms with Gasteiger partial charge in [-0.25, -0.2) is 0 Å². The highest BCUT2D eigenvalue weighted by Crippen LogP contribution is 2.34. The van der Waals surface area contributed by atoms with E-state index in [-0.39, 0.29) is 6.61 Å². The van der Waals surface area contributed by atoms with Crippen molar-refractivity contribution in [1.29, 1.82) is 0 Å². The molecule has 0 aliphatic rings. The summed E-state index contributed by atoms with van der Waals surface area (Å²) in [5.41, 5.74) is 0.827. The summed E-state index contributed by atoms with van der Waals surface area (Å²) in [5.74, 6) is 1.55. The summed E-state index contributed by atoms with van der Waals surface area (Å²) >= 11 is 1.63. The first kappa shape index (κ1) is 13.4. The van der Waals surface area contributed by atoms with E-state index in [1.54, 1.807) is 25.8 Å². The van der Waals surface area contributed by atoms with E-state index < -0.39 is 6.10 Å². The highest BCUT2D eigenvalue weighted by atomic mass is 32.2. The third-order valence-electron chi connectivity index (χ3n) is 2.22. The molecule has 0 heterocycles. The van der Waals surface area contributed by atoms with Crippen LogP contribution in [0.2, 0.25) is 0 Å². The van der Waals surface area contributed by atoms with Gasteiger partial charge < -0.3 is 14.9 Å². The second kappa shape index (κ2) is 6.78. The van der Waals surface area contributed by atoms with Crippen LogP contribution in [0.15, 0.2) is 23.1 Å². The number of benzene rings is 1. The lowest BCUT2D eigenvalue weighted by molar-refractivity contribution is 0.191. The summed E-state index contributed by atoms with van der Waals surface area (Å²) in [5, 5.41) is 18.5. The van der Waals surface area contributed by atoms with Crippen LogP contribution in [0.4, 0.5) is 0 Å². The number of hydrogen-bond donors (Lipinski definition) is 2. The Balaban J connectivity index is 2.89. The standard InChI is InChI=1S/C12H18O3S/c1-9(14)12-10(15-2)5-3-6-11(12)16-8-4-7-13/h3,5-6,9,13-14H,4,7-8H2,1-2H3/t9-/m0/s1. The molecule has 1 rings (SSSR count). The molecule has 1 aromatic rings. The van der Waals surface area contributed by atoms with Crippen molar-refractivity contribution < 1.29 is 14.9 Å². The number of rotatable bonds is 6. The minimum absolute atomic E-state index is 0.195. The lowest BCUT2D eigenvalue weighted by Gasteiger charge is -2.15. The van der Waals surface area contributed by atoms with E-state index in [1.165, 1.54) is 0 Å². The van der Waals surface area contributed by atoms with E-state index in [0.717, 1.165) is 22.6 Å². The first-order valence-corrected chi connectivity index (χ1v) is 6.28. The fourth-order valence-electron chi connectivity index (χ4n) is 1.49. The Hall–Kier alpha value is -0.710. The molecule has 0 saturated carbocycles. The molecule has 2 N–H and O–H groups in total. The molecule has 0 aromatic heterocycles. The number of aliphatic hydroxyl groups excluding tert-OH is 2. The fraction of sp³-hybridized carbons (Fsp3) is 0.500. The molecule has 0 saturated heterocycles. The molecule has 1 atom stereocenters. The van der Waals surface area contributed by atoms with Crippen molar-refractivity contribution in [3.8, 4) is 5.75 Å². The average Bonchev–Trinajstić information content (AvgIpc) is 2.28. The number of ether oxygens (including phenoxy) is 1. The highest BCUT2D eigenvalue weighted by Gasteiger charge is 2.13. The smallest absolute Gasteiger partial charge is 0.125 e. The van der Waals surface area contributed by atoms with Gasteiger partial charge in [0.15, 0.2) is 0 Å². The summed E-state index contributed by atoms with van der Waals surface area (Å²) in [7, 11) is 1.60. The molecule has 0 spiro atoms. The molecular formula is C12H18O3S. The van der Waals surface area contributed by atoms with E-state index in [4.69, 9.17) is 9.84 Å². The Labute approximate surface area is 100 Å².